The molecule has 166 valence electrons. The van der Waals surface area contributed by atoms with Gasteiger partial charge in [-0.15, -0.1) is 0 Å². The molecule has 0 saturated carbocycles. The number of para-hydroxylation sites is 1. The normalized spacial score (nSPS) is 16.1. The summed E-state index contributed by atoms with van der Waals surface area (Å²) in [5, 5.41) is 0.736. The SMILES string of the molecule is COc1ccccc1/C=C/CN1CCc2cc(OC)c(OC)cc2C1c1cccc(Cl)c1. The number of nitrogens with zero attached hydrogens (tertiary/aromatic N) is 1. The summed E-state index contributed by atoms with van der Waals surface area (Å²) in [5.74, 6) is 2.38. The third kappa shape index (κ3) is 4.62. The van der Waals surface area contributed by atoms with Crippen LogP contribution in [0, 0.1) is 0 Å². The highest BCUT2D eigenvalue weighted by Crippen LogP contribution is 2.41. The van der Waals surface area contributed by atoms with Crippen molar-refractivity contribution in [2.45, 2.75) is 12.5 Å². The summed E-state index contributed by atoms with van der Waals surface area (Å²) in [5.41, 5.74) is 4.73. The Balaban J connectivity index is 1.70. The largest absolute Gasteiger partial charge is 0.496 e. The van der Waals surface area contributed by atoms with Crippen LogP contribution >= 0.6 is 11.6 Å². The fraction of sp³-hybridized carbons (Fsp3) is 0.259. The van der Waals surface area contributed by atoms with Gasteiger partial charge in [-0.1, -0.05) is 54.1 Å². The van der Waals surface area contributed by atoms with Crippen LogP contribution < -0.4 is 14.2 Å². The quantitative estimate of drug-likeness (QED) is 0.441. The molecule has 3 aromatic rings. The zero-order valence-electron chi connectivity index (χ0n) is 18.7. The molecule has 1 atom stereocenters. The highest BCUT2D eigenvalue weighted by molar-refractivity contribution is 6.30. The van der Waals surface area contributed by atoms with Gasteiger partial charge in [-0.25, -0.2) is 0 Å². The topological polar surface area (TPSA) is 30.9 Å². The highest BCUT2D eigenvalue weighted by Gasteiger charge is 2.30. The second kappa shape index (κ2) is 10.1. The molecule has 0 bridgehead atoms. The maximum atomic E-state index is 6.37. The lowest BCUT2D eigenvalue weighted by molar-refractivity contribution is 0.236. The number of rotatable bonds is 7. The van der Waals surface area contributed by atoms with Crippen LogP contribution in [0.5, 0.6) is 17.2 Å². The van der Waals surface area contributed by atoms with E-state index in [0.29, 0.717) is 0 Å². The molecule has 3 aromatic carbocycles. The molecular formula is C27H28ClNO3. The molecule has 1 unspecified atom stereocenters. The van der Waals surface area contributed by atoms with Gasteiger partial charge in [0, 0.05) is 23.7 Å². The van der Waals surface area contributed by atoms with Crippen molar-refractivity contribution >= 4 is 17.7 Å². The van der Waals surface area contributed by atoms with Gasteiger partial charge in [0.2, 0.25) is 0 Å². The maximum absolute atomic E-state index is 6.37. The van der Waals surface area contributed by atoms with Gasteiger partial charge in [0.05, 0.1) is 27.4 Å². The lowest BCUT2D eigenvalue weighted by Gasteiger charge is -2.37. The molecule has 4 nitrogen and oxygen atoms in total. The molecule has 5 heteroatoms. The van der Waals surface area contributed by atoms with Crippen molar-refractivity contribution in [3.8, 4) is 17.2 Å². The molecule has 1 aliphatic heterocycles. The van der Waals surface area contributed by atoms with E-state index in [-0.39, 0.29) is 6.04 Å². The van der Waals surface area contributed by atoms with Crippen molar-refractivity contribution in [3.63, 3.8) is 0 Å². The van der Waals surface area contributed by atoms with Crippen molar-refractivity contribution in [1.82, 2.24) is 4.90 Å². The molecule has 4 rings (SSSR count). The smallest absolute Gasteiger partial charge is 0.161 e. The second-order valence-electron chi connectivity index (χ2n) is 7.75. The summed E-state index contributed by atoms with van der Waals surface area (Å²) >= 11 is 6.37. The van der Waals surface area contributed by atoms with Gasteiger partial charge in [0.1, 0.15) is 5.75 Å². The number of hydrogen-bond acceptors (Lipinski definition) is 4. The third-order valence-corrected chi connectivity index (χ3v) is 6.15. The first-order valence-electron chi connectivity index (χ1n) is 10.7. The minimum absolute atomic E-state index is 0.0691. The standard InChI is InChI=1S/C27H28ClNO3/c1-30-24-12-5-4-8-19(24)10-7-14-29-15-13-20-17-25(31-2)26(32-3)18-23(20)27(29)21-9-6-11-22(28)16-21/h4-12,16-18,27H,13-15H2,1-3H3/b10-7+. The Labute approximate surface area is 195 Å². The van der Waals surface area contributed by atoms with Gasteiger partial charge in [-0.05, 0) is 53.4 Å². The van der Waals surface area contributed by atoms with E-state index in [1.807, 2.05) is 30.3 Å². The van der Waals surface area contributed by atoms with E-state index in [1.54, 1.807) is 21.3 Å². The van der Waals surface area contributed by atoms with Crippen molar-refractivity contribution in [1.29, 1.82) is 0 Å². The first kappa shape index (κ1) is 22.3. The van der Waals surface area contributed by atoms with E-state index in [0.717, 1.165) is 52.9 Å². The van der Waals surface area contributed by atoms with E-state index in [2.05, 4.69) is 47.4 Å². The van der Waals surface area contributed by atoms with Crippen LogP contribution in [0.3, 0.4) is 0 Å². The summed E-state index contributed by atoms with van der Waals surface area (Å²) in [4.78, 5) is 2.46. The maximum Gasteiger partial charge on any atom is 0.161 e. The van der Waals surface area contributed by atoms with E-state index in [1.165, 1.54) is 11.1 Å². The van der Waals surface area contributed by atoms with Crippen LogP contribution in [0.25, 0.3) is 6.08 Å². The van der Waals surface area contributed by atoms with Gasteiger partial charge >= 0.3 is 0 Å². The van der Waals surface area contributed by atoms with E-state index in [4.69, 9.17) is 25.8 Å². The summed E-state index contributed by atoms with van der Waals surface area (Å²) < 4.78 is 16.6. The molecular weight excluding hydrogens is 422 g/mol. The van der Waals surface area contributed by atoms with Crippen molar-refractivity contribution in [2.24, 2.45) is 0 Å². The third-order valence-electron chi connectivity index (χ3n) is 5.91. The molecule has 0 saturated heterocycles. The number of hydrogen-bond donors (Lipinski definition) is 0. The zero-order valence-corrected chi connectivity index (χ0v) is 19.4. The van der Waals surface area contributed by atoms with Crippen LogP contribution in [-0.4, -0.2) is 39.3 Å². The number of fused-ring (bicyclic) bond motifs is 1. The lowest BCUT2D eigenvalue weighted by atomic mass is 9.87. The molecule has 0 spiro atoms. The predicted octanol–water partition coefficient (Wildman–Crippen LogP) is 6.03. The summed E-state index contributed by atoms with van der Waals surface area (Å²) in [6.45, 7) is 1.72. The monoisotopic (exact) mass is 449 g/mol. The van der Waals surface area contributed by atoms with Gasteiger partial charge in [0.15, 0.2) is 11.5 Å². The Morgan fingerprint density at radius 2 is 1.66 bits per heavy atom. The molecule has 1 heterocycles. The van der Waals surface area contributed by atoms with Crippen molar-refractivity contribution in [2.75, 3.05) is 34.4 Å². The summed E-state index contributed by atoms with van der Waals surface area (Å²) in [7, 11) is 5.05. The first-order chi connectivity index (χ1) is 15.6. The Morgan fingerprint density at radius 3 is 2.41 bits per heavy atom. The van der Waals surface area contributed by atoms with Gasteiger partial charge in [-0.3, -0.25) is 4.90 Å². The molecule has 0 amide bonds. The van der Waals surface area contributed by atoms with Crippen LogP contribution in [-0.2, 0) is 6.42 Å². The summed E-state index contributed by atoms with van der Waals surface area (Å²) in [6.07, 6.45) is 5.26. The first-order valence-corrected chi connectivity index (χ1v) is 11.1. The minimum Gasteiger partial charge on any atom is -0.496 e. The Kier molecular flexibility index (Phi) is 7.03. The van der Waals surface area contributed by atoms with Crippen LogP contribution in [0.1, 0.15) is 28.3 Å². The van der Waals surface area contributed by atoms with Crippen LogP contribution in [0.15, 0.2) is 66.7 Å². The number of benzene rings is 3. The van der Waals surface area contributed by atoms with Crippen LogP contribution in [0.2, 0.25) is 5.02 Å². The molecule has 32 heavy (non-hydrogen) atoms. The zero-order chi connectivity index (χ0) is 22.5. The fourth-order valence-corrected chi connectivity index (χ4v) is 4.58. The average Bonchev–Trinajstić information content (AvgIpc) is 2.83. The average molecular weight is 450 g/mol. The van der Waals surface area contributed by atoms with Crippen LogP contribution in [0.4, 0.5) is 0 Å². The highest BCUT2D eigenvalue weighted by atomic mass is 35.5. The van der Waals surface area contributed by atoms with Gasteiger partial charge in [-0.2, -0.15) is 0 Å². The molecule has 0 fully saturated rings. The lowest BCUT2D eigenvalue weighted by Crippen LogP contribution is -2.36. The van der Waals surface area contributed by atoms with E-state index >= 15 is 0 Å². The van der Waals surface area contributed by atoms with Gasteiger partial charge in [0.25, 0.3) is 0 Å². The predicted molar refractivity (Wildman–Crippen MR) is 130 cm³/mol. The Morgan fingerprint density at radius 1 is 0.906 bits per heavy atom. The fourth-order valence-electron chi connectivity index (χ4n) is 4.38. The Bertz CT molecular complexity index is 1110. The van der Waals surface area contributed by atoms with E-state index < -0.39 is 0 Å². The molecule has 0 aliphatic carbocycles. The number of ether oxygens (including phenoxy) is 3. The van der Waals surface area contributed by atoms with Gasteiger partial charge < -0.3 is 14.2 Å². The molecule has 0 N–H and O–H groups in total. The van der Waals surface area contributed by atoms with Crippen molar-refractivity contribution in [3.05, 3.63) is 94.0 Å². The van der Waals surface area contributed by atoms with Crippen molar-refractivity contribution < 1.29 is 14.2 Å². The number of halogens is 1. The minimum atomic E-state index is 0.0691. The number of methoxy groups -OCH3 is 3. The molecule has 1 aliphatic rings. The second-order valence-corrected chi connectivity index (χ2v) is 8.19. The molecule has 0 radical (unpaired) electrons. The molecule has 0 aromatic heterocycles. The summed E-state index contributed by atoms with van der Waals surface area (Å²) in [6, 6.07) is 20.4. The van der Waals surface area contributed by atoms with E-state index in [9.17, 15) is 0 Å². The Hall–Kier alpha value is -2.95.